The van der Waals surface area contributed by atoms with Crippen LogP contribution in [0.4, 0.5) is 13.2 Å². The number of carbonyl (C=O) groups is 1. The van der Waals surface area contributed by atoms with Gasteiger partial charge in [0, 0.05) is 17.9 Å². The third-order valence-electron chi connectivity index (χ3n) is 5.02. The van der Waals surface area contributed by atoms with Gasteiger partial charge < -0.3 is 5.32 Å². The predicted molar refractivity (Wildman–Crippen MR) is 84.0 cm³/mol. The molecule has 0 aliphatic heterocycles. The molecule has 2 aliphatic rings. The van der Waals surface area contributed by atoms with E-state index in [0.29, 0.717) is 12.8 Å². The van der Waals surface area contributed by atoms with Crippen molar-refractivity contribution in [3.8, 4) is 0 Å². The Labute approximate surface area is 144 Å². The second-order valence-electron chi connectivity index (χ2n) is 6.88. The Morgan fingerprint density at radius 3 is 2.52 bits per heavy atom. The Hall–Kier alpha value is -1.61. The average Bonchev–Trinajstić information content (AvgIpc) is 2.84. The molecule has 1 spiro atoms. The van der Waals surface area contributed by atoms with Gasteiger partial charge in [-0.25, -0.2) is 21.6 Å². The molecule has 25 heavy (non-hydrogen) atoms. The summed E-state index contributed by atoms with van der Waals surface area (Å²) in [4.78, 5) is 11.6. The van der Waals surface area contributed by atoms with Crippen LogP contribution in [0.2, 0.25) is 0 Å². The van der Waals surface area contributed by atoms with Gasteiger partial charge >= 0.3 is 0 Å². The Morgan fingerprint density at radius 1 is 1.32 bits per heavy atom. The first-order chi connectivity index (χ1) is 11.6. The van der Waals surface area contributed by atoms with Crippen LogP contribution in [0.25, 0.3) is 0 Å². The van der Waals surface area contributed by atoms with Gasteiger partial charge in [-0.3, -0.25) is 4.79 Å². The van der Waals surface area contributed by atoms with Crippen molar-refractivity contribution >= 4 is 15.9 Å². The topological polar surface area (TPSA) is 75.3 Å². The highest BCUT2D eigenvalue weighted by molar-refractivity contribution is 7.89. The van der Waals surface area contributed by atoms with Crippen molar-refractivity contribution in [2.45, 2.75) is 55.5 Å². The monoisotopic (exact) mass is 376 g/mol. The highest BCUT2D eigenvalue weighted by atomic mass is 32.2. The van der Waals surface area contributed by atoms with Gasteiger partial charge in [-0.05, 0) is 38.3 Å². The second-order valence-corrected chi connectivity index (χ2v) is 8.57. The summed E-state index contributed by atoms with van der Waals surface area (Å²) in [6.45, 7) is 1.32. The van der Waals surface area contributed by atoms with Gasteiger partial charge in [-0.1, -0.05) is 12.1 Å². The van der Waals surface area contributed by atoms with Crippen LogP contribution >= 0.6 is 0 Å². The van der Waals surface area contributed by atoms with Crippen molar-refractivity contribution in [3.05, 3.63) is 30.1 Å². The lowest BCUT2D eigenvalue weighted by molar-refractivity contribution is -0.123. The van der Waals surface area contributed by atoms with Gasteiger partial charge in [0.25, 0.3) is 5.92 Å². The number of sulfonamides is 1. The van der Waals surface area contributed by atoms with E-state index in [0.717, 1.165) is 12.1 Å². The van der Waals surface area contributed by atoms with Gasteiger partial charge in [0.15, 0.2) is 0 Å². The van der Waals surface area contributed by atoms with Gasteiger partial charge in [0.2, 0.25) is 15.9 Å². The highest BCUT2D eigenvalue weighted by Crippen LogP contribution is 2.68. The lowest BCUT2D eigenvalue weighted by atomic mass is 10.1. The number of rotatable bonds is 5. The quantitative estimate of drug-likeness (QED) is 0.827. The van der Waals surface area contributed by atoms with Gasteiger partial charge in [0.05, 0.1) is 6.04 Å². The summed E-state index contributed by atoms with van der Waals surface area (Å²) in [5.74, 6) is -4.20. The summed E-state index contributed by atoms with van der Waals surface area (Å²) in [7, 11) is -4.20. The fourth-order valence-electron chi connectivity index (χ4n) is 3.46. The van der Waals surface area contributed by atoms with Crippen molar-refractivity contribution in [2.75, 3.05) is 0 Å². The molecule has 0 aromatic heterocycles. The summed E-state index contributed by atoms with van der Waals surface area (Å²) in [5, 5.41) is 2.61. The zero-order valence-corrected chi connectivity index (χ0v) is 14.4. The van der Waals surface area contributed by atoms with Crippen LogP contribution in [0, 0.1) is 11.2 Å². The summed E-state index contributed by atoms with van der Waals surface area (Å²) in [6.07, 6.45) is 0.828. The van der Waals surface area contributed by atoms with E-state index in [1.54, 1.807) is 0 Å². The average molecular weight is 376 g/mol. The van der Waals surface area contributed by atoms with Crippen molar-refractivity contribution in [1.29, 1.82) is 0 Å². The van der Waals surface area contributed by atoms with E-state index in [2.05, 4.69) is 10.0 Å². The molecule has 2 unspecified atom stereocenters. The smallest absolute Gasteiger partial charge is 0.254 e. The van der Waals surface area contributed by atoms with E-state index in [-0.39, 0.29) is 12.8 Å². The van der Waals surface area contributed by atoms with Crippen LogP contribution in [-0.2, 0) is 14.8 Å². The van der Waals surface area contributed by atoms with Gasteiger partial charge in [0.1, 0.15) is 10.7 Å². The zero-order valence-electron chi connectivity index (χ0n) is 13.6. The summed E-state index contributed by atoms with van der Waals surface area (Å²) < 4.78 is 66.8. The molecule has 2 saturated carbocycles. The van der Waals surface area contributed by atoms with E-state index in [4.69, 9.17) is 0 Å². The molecule has 9 heteroatoms. The fourth-order valence-corrected chi connectivity index (χ4v) is 4.74. The maximum atomic E-state index is 13.6. The summed E-state index contributed by atoms with van der Waals surface area (Å²) >= 11 is 0. The standard InChI is InChI=1S/C16H19F3N2O3S/c1-10(21-25(23,24)13-5-3-2-4-12(13)17)14(22)20-11-6-7-15(8-11)9-16(15,18)19/h2-5,10-11,21H,6-9H2,1H3,(H,20,22)/t10-,11?,15?/m0/s1. The van der Waals surface area contributed by atoms with Crippen molar-refractivity contribution in [3.63, 3.8) is 0 Å². The molecule has 1 aromatic carbocycles. The van der Waals surface area contributed by atoms with Crippen LogP contribution in [0.15, 0.2) is 29.2 Å². The first-order valence-electron chi connectivity index (χ1n) is 8.01. The molecule has 0 bridgehead atoms. The Kier molecular flexibility index (Phi) is 4.35. The SMILES string of the molecule is C[C@H](NS(=O)(=O)c1ccccc1F)C(=O)NC1CCC2(C1)CC2(F)F. The first kappa shape index (κ1) is 18.2. The minimum Gasteiger partial charge on any atom is -0.352 e. The van der Waals surface area contributed by atoms with Crippen molar-refractivity contribution < 1.29 is 26.4 Å². The minimum atomic E-state index is -4.20. The van der Waals surface area contributed by atoms with Crippen LogP contribution in [0.3, 0.4) is 0 Å². The van der Waals surface area contributed by atoms with E-state index >= 15 is 0 Å². The maximum Gasteiger partial charge on any atom is 0.254 e. The second kappa shape index (κ2) is 5.98. The number of hydrogen-bond acceptors (Lipinski definition) is 3. The van der Waals surface area contributed by atoms with Gasteiger partial charge in [-0.2, -0.15) is 4.72 Å². The lowest BCUT2D eigenvalue weighted by Crippen LogP contribution is -2.47. The normalized spacial score (nSPS) is 28.7. The molecule has 1 amide bonds. The first-order valence-corrected chi connectivity index (χ1v) is 9.50. The predicted octanol–water partition coefficient (Wildman–Crippen LogP) is 2.19. The number of hydrogen-bond donors (Lipinski definition) is 2. The fraction of sp³-hybridized carbons (Fsp3) is 0.562. The van der Waals surface area contributed by atoms with Crippen LogP contribution in [-0.4, -0.2) is 32.3 Å². The third kappa shape index (κ3) is 3.39. The molecule has 1 aromatic rings. The number of carbonyl (C=O) groups excluding carboxylic acids is 1. The Morgan fingerprint density at radius 2 is 1.96 bits per heavy atom. The van der Waals surface area contributed by atoms with E-state index in [9.17, 15) is 26.4 Å². The van der Waals surface area contributed by atoms with E-state index in [1.165, 1.54) is 19.1 Å². The molecule has 5 nitrogen and oxygen atoms in total. The molecule has 0 radical (unpaired) electrons. The largest absolute Gasteiger partial charge is 0.352 e. The summed E-state index contributed by atoms with van der Waals surface area (Å²) in [5.41, 5.74) is -0.999. The summed E-state index contributed by atoms with van der Waals surface area (Å²) in [6, 6.07) is 3.28. The zero-order chi connectivity index (χ0) is 18.5. The molecule has 2 N–H and O–H groups in total. The molecular weight excluding hydrogens is 357 g/mol. The van der Waals surface area contributed by atoms with Gasteiger partial charge in [-0.15, -0.1) is 0 Å². The number of alkyl halides is 2. The van der Waals surface area contributed by atoms with Crippen molar-refractivity contribution in [1.82, 2.24) is 10.0 Å². The highest BCUT2D eigenvalue weighted by Gasteiger charge is 2.72. The van der Waals surface area contributed by atoms with E-state index in [1.807, 2.05) is 0 Å². The van der Waals surface area contributed by atoms with Crippen molar-refractivity contribution in [2.24, 2.45) is 5.41 Å². The number of nitrogens with one attached hydrogen (secondary N) is 2. The molecular formula is C16H19F3N2O3S. The Balaban J connectivity index is 1.59. The third-order valence-corrected chi connectivity index (χ3v) is 6.59. The molecule has 0 saturated heterocycles. The number of halogens is 3. The molecule has 0 heterocycles. The molecule has 2 aliphatic carbocycles. The Bertz CT molecular complexity index is 800. The molecule has 3 rings (SSSR count). The lowest BCUT2D eigenvalue weighted by Gasteiger charge is -2.18. The minimum absolute atomic E-state index is 0.151. The maximum absolute atomic E-state index is 13.6. The van der Waals surface area contributed by atoms with Crippen LogP contribution in [0.5, 0.6) is 0 Å². The molecule has 2 fully saturated rings. The number of benzene rings is 1. The van der Waals surface area contributed by atoms with Crippen LogP contribution in [0.1, 0.15) is 32.6 Å². The molecule has 3 atom stereocenters. The molecule has 138 valence electrons. The number of amides is 1. The van der Waals surface area contributed by atoms with Crippen LogP contribution < -0.4 is 10.0 Å². The van der Waals surface area contributed by atoms with E-state index < -0.39 is 50.1 Å².